The van der Waals surface area contributed by atoms with Crippen LogP contribution in [-0.2, 0) is 18.8 Å². The van der Waals surface area contributed by atoms with Gasteiger partial charge in [0, 0.05) is 32.1 Å². The van der Waals surface area contributed by atoms with Crippen molar-refractivity contribution in [3.8, 4) is 0 Å². The largest absolute Gasteiger partial charge is 0.443 e. The summed E-state index contributed by atoms with van der Waals surface area (Å²) in [6.07, 6.45) is -3.98. The van der Waals surface area contributed by atoms with Gasteiger partial charge in [0.15, 0.2) is 0 Å². The van der Waals surface area contributed by atoms with E-state index in [1.165, 1.54) is 24.9 Å². The van der Waals surface area contributed by atoms with Gasteiger partial charge in [-0.25, -0.2) is 4.79 Å². The minimum atomic E-state index is -4.81. The molecule has 0 aliphatic carbocycles. The van der Waals surface area contributed by atoms with Crippen LogP contribution in [0.15, 0.2) is 24.7 Å². The van der Waals surface area contributed by atoms with Gasteiger partial charge in [-0.1, -0.05) is 0 Å². The number of nitrogens with zero attached hydrogens (tertiary/aromatic N) is 3. The van der Waals surface area contributed by atoms with Gasteiger partial charge in [-0.05, 0) is 6.07 Å². The molecule has 1 atom stereocenters. The molecule has 7 nitrogen and oxygen atoms in total. The van der Waals surface area contributed by atoms with Gasteiger partial charge in [-0.15, -0.1) is 0 Å². The number of hydrogen-bond acceptors (Lipinski definition) is 4. The Kier molecular flexibility index (Phi) is 4.17. The van der Waals surface area contributed by atoms with Crippen LogP contribution in [0.25, 0.3) is 0 Å². The summed E-state index contributed by atoms with van der Waals surface area (Å²) in [7, 11) is 2.82. The van der Waals surface area contributed by atoms with Crippen molar-refractivity contribution < 1.29 is 27.5 Å². The van der Waals surface area contributed by atoms with Gasteiger partial charge in [0.25, 0.3) is 0 Å². The molecule has 2 rings (SSSR count). The number of hydrogen-bond donors (Lipinski definition) is 1. The molecule has 0 aliphatic heterocycles. The highest BCUT2D eigenvalue weighted by Crippen LogP contribution is 2.36. The van der Waals surface area contributed by atoms with Crippen LogP contribution in [-0.4, -0.2) is 32.4 Å². The number of halogens is 3. The number of nitrogens with two attached hydrogens (primary N) is 1. The van der Waals surface area contributed by atoms with Gasteiger partial charge in [0.05, 0.1) is 11.8 Å². The van der Waals surface area contributed by atoms with Crippen molar-refractivity contribution in [2.75, 3.05) is 0 Å². The van der Waals surface area contributed by atoms with E-state index in [4.69, 9.17) is 5.73 Å². The zero-order chi connectivity index (χ0) is 17.4. The molecule has 0 aromatic carbocycles. The Labute approximate surface area is 128 Å². The summed E-state index contributed by atoms with van der Waals surface area (Å²) in [6, 6.07) is 1.07. The average molecular weight is 330 g/mol. The molecule has 2 heterocycles. The van der Waals surface area contributed by atoms with Crippen molar-refractivity contribution in [3.05, 3.63) is 41.5 Å². The fraction of sp³-hybridized carbons (Fsp3) is 0.308. The number of primary amides is 1. The van der Waals surface area contributed by atoms with Gasteiger partial charge < -0.3 is 15.0 Å². The lowest BCUT2D eigenvalue weighted by atomic mass is 10.2. The minimum Gasteiger partial charge on any atom is -0.443 e. The number of esters is 1. The Hall–Kier alpha value is -2.78. The van der Waals surface area contributed by atoms with E-state index in [0.29, 0.717) is 0 Å². The van der Waals surface area contributed by atoms with Gasteiger partial charge in [0.1, 0.15) is 5.69 Å². The second kappa shape index (κ2) is 5.78. The van der Waals surface area contributed by atoms with Crippen molar-refractivity contribution in [1.82, 2.24) is 14.3 Å². The van der Waals surface area contributed by atoms with E-state index in [-0.39, 0.29) is 16.8 Å². The van der Waals surface area contributed by atoms with E-state index >= 15 is 0 Å². The van der Waals surface area contributed by atoms with Crippen LogP contribution in [0.2, 0.25) is 0 Å². The predicted octanol–water partition coefficient (Wildman–Crippen LogP) is 1.32. The Balaban J connectivity index is 2.30. The first-order valence-corrected chi connectivity index (χ1v) is 6.32. The quantitative estimate of drug-likeness (QED) is 0.856. The number of aryl methyl sites for hydroxylation is 2. The SMILES string of the molecule is Cn1cc([C@H](OC(=O)c2cc(C(N)=O)cn2C)C(F)(F)F)cn1. The standard InChI is InChI=1S/C13H13F3N4O3/c1-19-5-7(11(17)21)3-9(19)12(22)23-10(13(14,15)16)8-4-18-20(2)6-8/h3-6,10H,1-2H3,(H2,17,21)/t10-/m0/s1. The van der Waals surface area contributed by atoms with Crippen LogP contribution in [0.1, 0.15) is 32.5 Å². The van der Waals surface area contributed by atoms with E-state index in [2.05, 4.69) is 9.84 Å². The van der Waals surface area contributed by atoms with Crippen LogP contribution in [0.5, 0.6) is 0 Å². The lowest BCUT2D eigenvalue weighted by molar-refractivity contribution is -0.207. The maximum absolute atomic E-state index is 13.1. The zero-order valence-corrected chi connectivity index (χ0v) is 12.2. The second-order valence-electron chi connectivity index (χ2n) is 4.86. The number of ether oxygens (including phenoxy) is 1. The summed E-state index contributed by atoms with van der Waals surface area (Å²) in [4.78, 5) is 23.1. The van der Waals surface area contributed by atoms with E-state index in [1.807, 2.05) is 0 Å². The zero-order valence-electron chi connectivity index (χ0n) is 12.2. The highest BCUT2D eigenvalue weighted by molar-refractivity contribution is 5.96. The van der Waals surface area contributed by atoms with Crippen molar-refractivity contribution in [2.24, 2.45) is 19.8 Å². The molecule has 0 fully saturated rings. The number of carbonyl (C=O) groups is 2. The van der Waals surface area contributed by atoms with Crippen LogP contribution >= 0.6 is 0 Å². The number of alkyl halides is 3. The number of amides is 1. The van der Waals surface area contributed by atoms with Crippen molar-refractivity contribution in [2.45, 2.75) is 12.3 Å². The molecule has 0 saturated carbocycles. The maximum atomic E-state index is 13.1. The molecule has 10 heteroatoms. The summed E-state index contributed by atoms with van der Waals surface area (Å²) in [5, 5.41) is 3.63. The predicted molar refractivity (Wildman–Crippen MR) is 71.4 cm³/mol. The topological polar surface area (TPSA) is 92.1 Å². The van der Waals surface area contributed by atoms with Gasteiger partial charge in [-0.2, -0.15) is 18.3 Å². The van der Waals surface area contributed by atoms with Crippen molar-refractivity contribution in [1.29, 1.82) is 0 Å². The molecule has 0 unspecified atom stereocenters. The summed E-state index contributed by atoms with van der Waals surface area (Å²) in [6.45, 7) is 0. The lowest BCUT2D eigenvalue weighted by Crippen LogP contribution is -2.26. The van der Waals surface area contributed by atoms with Crippen LogP contribution in [0, 0.1) is 0 Å². The fourth-order valence-electron chi connectivity index (χ4n) is 1.97. The Morgan fingerprint density at radius 1 is 1.30 bits per heavy atom. The molecule has 23 heavy (non-hydrogen) atoms. The normalized spacial score (nSPS) is 12.9. The smallest absolute Gasteiger partial charge is 0.429 e. The summed E-state index contributed by atoms with van der Waals surface area (Å²) in [5.41, 5.74) is 4.52. The van der Waals surface area contributed by atoms with E-state index in [1.54, 1.807) is 0 Å². The van der Waals surface area contributed by atoms with Crippen LogP contribution in [0.4, 0.5) is 13.2 Å². The number of aromatic nitrogens is 3. The first kappa shape index (κ1) is 16.6. The van der Waals surface area contributed by atoms with Crippen molar-refractivity contribution in [3.63, 3.8) is 0 Å². The maximum Gasteiger partial charge on any atom is 0.429 e. The van der Waals surface area contributed by atoms with E-state index in [0.717, 1.165) is 23.1 Å². The van der Waals surface area contributed by atoms with Crippen LogP contribution in [0.3, 0.4) is 0 Å². The minimum absolute atomic E-state index is 0.00983. The highest BCUT2D eigenvalue weighted by Gasteiger charge is 2.45. The highest BCUT2D eigenvalue weighted by atomic mass is 19.4. The number of rotatable bonds is 4. The lowest BCUT2D eigenvalue weighted by Gasteiger charge is -2.19. The van der Waals surface area contributed by atoms with E-state index < -0.39 is 24.2 Å². The Morgan fingerprint density at radius 2 is 1.96 bits per heavy atom. The first-order valence-electron chi connectivity index (χ1n) is 6.32. The van der Waals surface area contributed by atoms with Gasteiger partial charge >= 0.3 is 12.1 Å². The molecular weight excluding hydrogens is 317 g/mol. The third-order valence-electron chi connectivity index (χ3n) is 3.05. The molecule has 2 N–H and O–H groups in total. The van der Waals surface area contributed by atoms with Crippen molar-refractivity contribution >= 4 is 11.9 Å². The molecule has 0 radical (unpaired) electrons. The molecule has 1 amide bonds. The molecular formula is C13H13F3N4O3. The Bertz CT molecular complexity index is 748. The molecule has 0 spiro atoms. The van der Waals surface area contributed by atoms with Crippen LogP contribution < -0.4 is 5.73 Å². The molecule has 0 saturated heterocycles. The molecule has 124 valence electrons. The van der Waals surface area contributed by atoms with Gasteiger partial charge in [-0.3, -0.25) is 9.48 Å². The molecule has 2 aromatic heterocycles. The first-order chi connectivity index (χ1) is 10.6. The third kappa shape index (κ3) is 3.52. The average Bonchev–Trinajstić information content (AvgIpc) is 3.00. The summed E-state index contributed by atoms with van der Waals surface area (Å²) >= 11 is 0. The monoisotopic (exact) mass is 330 g/mol. The fourth-order valence-corrected chi connectivity index (χ4v) is 1.97. The number of carbonyl (C=O) groups excluding carboxylic acids is 2. The molecule has 0 bridgehead atoms. The summed E-state index contributed by atoms with van der Waals surface area (Å²) in [5.74, 6) is -2.04. The van der Waals surface area contributed by atoms with Gasteiger partial charge in [0.2, 0.25) is 12.0 Å². The molecule has 2 aromatic rings. The summed E-state index contributed by atoms with van der Waals surface area (Å²) < 4.78 is 46.3. The van der Waals surface area contributed by atoms with E-state index in [9.17, 15) is 22.8 Å². The molecule has 0 aliphatic rings. The third-order valence-corrected chi connectivity index (χ3v) is 3.05. The Morgan fingerprint density at radius 3 is 2.39 bits per heavy atom. The second-order valence-corrected chi connectivity index (χ2v) is 4.86.